The molecule has 16 atom stereocenters. The van der Waals surface area contributed by atoms with Gasteiger partial charge in [0.15, 0.2) is 17.8 Å². The molecule has 16 unspecified atom stereocenters. The number of aliphatic hydroxyl groups excluding tert-OH is 3. The smallest absolute Gasteiger partial charge is 0.340 e. The number of rotatable bonds is 8. The largest absolute Gasteiger partial charge is 0.482 e. The minimum Gasteiger partial charge on any atom is -0.482 e. The molecule has 11 heteroatoms. The molecule has 13 aliphatic rings. The van der Waals surface area contributed by atoms with E-state index in [9.17, 15) is 15.3 Å². The van der Waals surface area contributed by atoms with E-state index in [0.29, 0.717) is 71.8 Å². The van der Waals surface area contributed by atoms with Crippen molar-refractivity contribution in [1.29, 1.82) is 0 Å². The van der Waals surface area contributed by atoms with E-state index in [2.05, 4.69) is 139 Å². The van der Waals surface area contributed by atoms with E-state index < -0.39 is 59.9 Å². The fourth-order valence-corrected chi connectivity index (χ4v) is 22.4. The molecule has 19 rings (SSSR count). The van der Waals surface area contributed by atoms with Gasteiger partial charge in [-0.15, -0.1) is 0 Å². The van der Waals surface area contributed by atoms with Gasteiger partial charge in [0.25, 0.3) is 0 Å². The molecule has 0 radical (unpaired) electrons. The number of benzene rings is 5. The summed E-state index contributed by atoms with van der Waals surface area (Å²) in [5.41, 5.74) is 13.1. The maximum atomic E-state index is 16.4. The van der Waals surface area contributed by atoms with E-state index in [4.69, 9.17) is 23.4 Å². The van der Waals surface area contributed by atoms with E-state index >= 15 is 14.4 Å². The fourth-order valence-electron chi connectivity index (χ4n) is 22.4. The molecular formula is C84H82O11. The summed E-state index contributed by atoms with van der Waals surface area (Å²) < 4.78 is 35.1. The number of hydrogen-bond donors (Lipinski definition) is 3. The number of methoxy groups -OCH3 is 1. The Morgan fingerprint density at radius 3 is 2.52 bits per heavy atom. The van der Waals surface area contributed by atoms with E-state index in [1.54, 1.807) is 0 Å². The van der Waals surface area contributed by atoms with Crippen LogP contribution < -0.4 is 10.4 Å². The molecular weight excluding hydrogens is 1180 g/mol. The van der Waals surface area contributed by atoms with Crippen LogP contribution in [-0.4, -0.2) is 65.9 Å². The highest BCUT2D eigenvalue weighted by Crippen LogP contribution is 2.71. The molecule has 484 valence electrons. The van der Waals surface area contributed by atoms with E-state index in [0.717, 1.165) is 49.7 Å². The molecule has 2 saturated carbocycles. The second-order valence-electron chi connectivity index (χ2n) is 30.1. The maximum absolute atomic E-state index is 16.4. The van der Waals surface area contributed by atoms with Crippen LogP contribution in [0.25, 0.3) is 22.6 Å². The zero-order valence-corrected chi connectivity index (χ0v) is 54.0. The van der Waals surface area contributed by atoms with Crippen LogP contribution in [0.15, 0.2) is 154 Å². The second kappa shape index (κ2) is 22.9. The van der Waals surface area contributed by atoms with Gasteiger partial charge in [0, 0.05) is 90.4 Å². The number of fused-ring (bicyclic) bond motifs is 13. The minimum atomic E-state index is -1.40. The monoisotopic (exact) mass is 1270 g/mol. The maximum Gasteiger partial charge on any atom is 0.340 e. The number of ether oxygens (including phenoxy) is 4. The molecule has 2 spiro atoms. The standard InChI is InChI=1S/C84H82O11/c1-91-46-54(33-36-85)75-68(45-87)64-31-32-72-76(77(64)93-81(75)90)78-79-83(95-72)35-10-34-82-43-52-22-21-51(39-66(80(89)94-79)53(44-86)13-3-2-12-48-40-71(82)67(42-73(82)83)62-17-6-5-16-59(48)62)61-29-25-50(38-65(52)61)58-28-24-49(37-55(58)41-74(88)92-78)60-18-9-20-70-63(60)30-27-57-15-8-14-56-26-23-47-11-4-7-19-69(47)84(56,57)70/h4-7,9-11,16-20,23-26,28-29,31-32,34,38,40,49,51-52,54-58,67,71,73,78-79,85-87H,8,12-15,21-22,27,30,33,35-37,39,41-46H2,1H3. The van der Waals surface area contributed by atoms with Crippen molar-refractivity contribution in [3.63, 3.8) is 0 Å². The summed E-state index contributed by atoms with van der Waals surface area (Å²) >= 11 is 0. The van der Waals surface area contributed by atoms with Gasteiger partial charge in [-0.25, -0.2) is 9.59 Å². The molecule has 1 aromatic heterocycles. The van der Waals surface area contributed by atoms with E-state index in [-0.39, 0.29) is 102 Å². The zero-order valence-electron chi connectivity index (χ0n) is 54.0. The minimum absolute atomic E-state index is 0.00133. The van der Waals surface area contributed by atoms with Gasteiger partial charge in [-0.1, -0.05) is 146 Å². The van der Waals surface area contributed by atoms with Crippen LogP contribution in [0, 0.1) is 46.8 Å². The quantitative estimate of drug-likeness (QED) is 0.0576. The zero-order chi connectivity index (χ0) is 64.1. The average molecular weight is 1270 g/mol. The third kappa shape index (κ3) is 8.81. The lowest BCUT2D eigenvalue weighted by Crippen LogP contribution is -2.64. The molecule has 11 nitrogen and oxygen atoms in total. The highest BCUT2D eigenvalue weighted by Gasteiger charge is 2.70. The first-order valence-electron chi connectivity index (χ1n) is 35.5. The third-order valence-corrected chi connectivity index (χ3v) is 26.1. The van der Waals surface area contributed by atoms with Crippen LogP contribution >= 0.6 is 0 Å². The van der Waals surface area contributed by atoms with Crippen LogP contribution in [0.2, 0.25) is 0 Å². The van der Waals surface area contributed by atoms with Gasteiger partial charge < -0.3 is 38.7 Å². The van der Waals surface area contributed by atoms with Crippen LogP contribution in [0.5, 0.6) is 5.75 Å². The Bertz CT molecular complexity index is 4500. The first-order valence-corrected chi connectivity index (χ1v) is 35.5. The van der Waals surface area contributed by atoms with Crippen molar-refractivity contribution in [3.8, 4) is 17.6 Å². The summed E-state index contributed by atoms with van der Waals surface area (Å²) in [5, 5.41) is 33.9. The summed E-state index contributed by atoms with van der Waals surface area (Å²) in [4.78, 5) is 47.8. The van der Waals surface area contributed by atoms with Gasteiger partial charge >= 0.3 is 17.6 Å². The fraction of sp³-hybridized carbons (Fsp3) is 0.440. The molecule has 5 aromatic carbocycles. The molecule has 95 heavy (non-hydrogen) atoms. The van der Waals surface area contributed by atoms with Crippen LogP contribution in [0.4, 0.5) is 0 Å². The van der Waals surface area contributed by atoms with Gasteiger partial charge in [0.2, 0.25) is 0 Å². The first kappa shape index (κ1) is 59.6. The van der Waals surface area contributed by atoms with Crippen molar-refractivity contribution in [2.75, 3.05) is 26.9 Å². The Morgan fingerprint density at radius 2 is 1.63 bits per heavy atom. The second-order valence-corrected chi connectivity index (χ2v) is 30.1. The number of allylic oxidation sites excluding steroid dienone is 6. The average Bonchev–Trinajstić information content (AvgIpc) is 1.62. The number of hydrogen-bond acceptors (Lipinski definition) is 11. The number of esters is 2. The predicted octanol–water partition coefficient (Wildman–Crippen LogP) is 14.9. The molecule has 8 aliphatic carbocycles. The number of carbonyl (C=O) groups excluding carboxylic acids is 2. The highest BCUT2D eigenvalue weighted by atomic mass is 16.6. The van der Waals surface area contributed by atoms with Gasteiger partial charge in [0.1, 0.15) is 11.3 Å². The number of carbonyl (C=O) groups is 2. The lowest BCUT2D eigenvalue weighted by atomic mass is 9.48. The molecule has 6 heterocycles. The highest BCUT2D eigenvalue weighted by molar-refractivity contribution is 5.91. The molecule has 6 aromatic rings. The van der Waals surface area contributed by atoms with E-state index in [1.165, 1.54) is 70.0 Å². The number of aliphatic hydroxyl groups is 3. The van der Waals surface area contributed by atoms with Crippen molar-refractivity contribution < 1.29 is 48.3 Å². The summed E-state index contributed by atoms with van der Waals surface area (Å²) in [7, 11) is 1.53. The van der Waals surface area contributed by atoms with Crippen molar-refractivity contribution in [2.45, 2.75) is 168 Å². The predicted molar refractivity (Wildman–Crippen MR) is 362 cm³/mol. The first-order chi connectivity index (χ1) is 46.6. The Labute approximate surface area is 555 Å². The van der Waals surface area contributed by atoms with Crippen molar-refractivity contribution in [1.82, 2.24) is 0 Å². The van der Waals surface area contributed by atoms with Gasteiger partial charge in [-0.05, 0) is 197 Å². The normalized spacial score (nSPS) is 33.4. The van der Waals surface area contributed by atoms with Gasteiger partial charge in [0.05, 0.1) is 25.4 Å². The topological polar surface area (TPSA) is 162 Å². The Kier molecular flexibility index (Phi) is 14.4. The lowest BCUT2D eigenvalue weighted by molar-refractivity contribution is -0.210. The Balaban J connectivity index is 0.873. The lowest BCUT2D eigenvalue weighted by Gasteiger charge is -2.56. The van der Waals surface area contributed by atoms with Gasteiger partial charge in [-0.2, -0.15) is 0 Å². The summed E-state index contributed by atoms with van der Waals surface area (Å²) in [6.07, 6.45) is 25.3. The van der Waals surface area contributed by atoms with Crippen molar-refractivity contribution in [3.05, 3.63) is 227 Å². The van der Waals surface area contributed by atoms with E-state index in [1.807, 2.05) is 12.1 Å². The third-order valence-electron chi connectivity index (χ3n) is 26.1. The Morgan fingerprint density at radius 1 is 0.779 bits per heavy atom. The molecule has 0 amide bonds. The van der Waals surface area contributed by atoms with Gasteiger partial charge in [-0.3, -0.25) is 4.79 Å². The van der Waals surface area contributed by atoms with Crippen LogP contribution in [0.3, 0.4) is 0 Å². The van der Waals surface area contributed by atoms with Crippen molar-refractivity contribution >= 4 is 34.6 Å². The summed E-state index contributed by atoms with van der Waals surface area (Å²) in [6.45, 7) is -1.12. The summed E-state index contributed by atoms with van der Waals surface area (Å²) in [6, 6.07) is 35.8. The molecule has 5 aliphatic heterocycles. The van der Waals surface area contributed by atoms with Crippen molar-refractivity contribution in [2.24, 2.45) is 35.0 Å². The van der Waals surface area contributed by atoms with Crippen LogP contribution in [-0.2, 0) is 42.2 Å². The molecule has 3 N–H and O–H groups in total. The Hall–Kier alpha value is -7.85. The summed E-state index contributed by atoms with van der Waals surface area (Å²) in [5.74, 6) is 5.78. The van der Waals surface area contributed by atoms with Crippen LogP contribution in [0.1, 0.15) is 210 Å². The molecule has 3 fully saturated rings. The molecule has 12 bridgehead atoms. The molecule has 1 saturated heterocycles. The SMILES string of the molecule is COCC(CCO)c1c(CO)c2ccc3c(c2oc1=O)C1OC(=O)CC2CC(c4cccc5c4CCC4CCCC6C=Cc7ccccc7C564)C=CC2c2ccc4c(c2)C2CCC4CC4=C(CO)CC#CCC5=CC6C(CC7C6(C=CCC7(O3)C1OC4=O)C2)c1ccccc15.